The van der Waals surface area contributed by atoms with Gasteiger partial charge in [0.15, 0.2) is 5.78 Å². The number of carbonyl (C=O) groups is 2. The number of carbonyl (C=O) groups excluding carboxylic acids is 2. The molecule has 0 radical (unpaired) electrons. The Labute approximate surface area is 156 Å². The van der Waals surface area contributed by atoms with Crippen molar-refractivity contribution in [3.8, 4) is 17.2 Å². The zero-order chi connectivity index (χ0) is 19.2. The van der Waals surface area contributed by atoms with Gasteiger partial charge in [0.05, 0.1) is 18.2 Å². The molecule has 136 valence electrons. The van der Waals surface area contributed by atoms with Crippen LogP contribution < -0.4 is 9.47 Å². The number of phenols is 1. The lowest BCUT2D eigenvalue weighted by atomic mass is 10.0. The zero-order valence-corrected chi connectivity index (χ0v) is 14.7. The molecule has 5 nitrogen and oxygen atoms in total. The SMILES string of the molecule is COc1ccc(CC(=O)c2ccc(O)cc2OC(=O)c2ccccc2)cc1. The van der Waals surface area contributed by atoms with Gasteiger partial charge in [0.1, 0.15) is 17.2 Å². The molecule has 3 aromatic carbocycles. The van der Waals surface area contributed by atoms with E-state index in [2.05, 4.69) is 0 Å². The van der Waals surface area contributed by atoms with E-state index in [0.29, 0.717) is 11.3 Å². The first-order valence-corrected chi connectivity index (χ1v) is 8.33. The summed E-state index contributed by atoms with van der Waals surface area (Å²) in [5, 5.41) is 9.73. The Morgan fingerprint density at radius 2 is 1.63 bits per heavy atom. The average molecular weight is 362 g/mol. The van der Waals surface area contributed by atoms with Crippen molar-refractivity contribution in [2.45, 2.75) is 6.42 Å². The molecule has 0 saturated heterocycles. The van der Waals surface area contributed by atoms with E-state index in [9.17, 15) is 14.7 Å². The van der Waals surface area contributed by atoms with Crippen molar-refractivity contribution in [3.05, 3.63) is 89.5 Å². The number of aromatic hydroxyl groups is 1. The van der Waals surface area contributed by atoms with Crippen LogP contribution in [-0.4, -0.2) is 24.0 Å². The minimum Gasteiger partial charge on any atom is -0.508 e. The van der Waals surface area contributed by atoms with E-state index in [1.807, 2.05) is 0 Å². The van der Waals surface area contributed by atoms with Crippen molar-refractivity contribution in [1.82, 2.24) is 0 Å². The minimum absolute atomic E-state index is 0.0300. The van der Waals surface area contributed by atoms with Gasteiger partial charge in [-0.25, -0.2) is 4.79 Å². The molecular weight excluding hydrogens is 344 g/mol. The highest BCUT2D eigenvalue weighted by Crippen LogP contribution is 2.27. The van der Waals surface area contributed by atoms with Crippen LogP contribution in [0.3, 0.4) is 0 Å². The molecule has 0 aliphatic rings. The van der Waals surface area contributed by atoms with E-state index < -0.39 is 5.97 Å². The summed E-state index contributed by atoms with van der Waals surface area (Å²) >= 11 is 0. The Morgan fingerprint density at radius 1 is 0.926 bits per heavy atom. The summed E-state index contributed by atoms with van der Waals surface area (Å²) in [6, 6.07) is 19.7. The molecule has 0 amide bonds. The number of hydrogen-bond donors (Lipinski definition) is 1. The van der Waals surface area contributed by atoms with Crippen LogP contribution in [0, 0.1) is 0 Å². The first-order chi connectivity index (χ1) is 13.1. The molecule has 0 fully saturated rings. The van der Waals surface area contributed by atoms with Crippen LogP contribution in [0.15, 0.2) is 72.8 Å². The minimum atomic E-state index is -0.598. The Balaban J connectivity index is 1.82. The molecule has 3 rings (SSSR count). The molecule has 0 aliphatic heterocycles. The molecule has 1 N–H and O–H groups in total. The maximum Gasteiger partial charge on any atom is 0.343 e. The second kappa shape index (κ2) is 8.19. The molecule has 3 aromatic rings. The smallest absolute Gasteiger partial charge is 0.343 e. The van der Waals surface area contributed by atoms with Gasteiger partial charge in [-0.2, -0.15) is 0 Å². The maximum absolute atomic E-state index is 12.7. The highest BCUT2D eigenvalue weighted by molar-refractivity contribution is 6.01. The molecule has 0 aromatic heterocycles. The number of phenolic OH excluding ortho intramolecular Hbond substituents is 1. The number of Topliss-reactive ketones (excluding diaryl/α,β-unsaturated/α-hetero) is 1. The first kappa shape index (κ1) is 18.2. The van der Waals surface area contributed by atoms with E-state index in [1.54, 1.807) is 61.7 Å². The number of hydrogen-bond acceptors (Lipinski definition) is 5. The van der Waals surface area contributed by atoms with Crippen LogP contribution in [0.5, 0.6) is 17.2 Å². The molecule has 0 unspecified atom stereocenters. The highest BCUT2D eigenvalue weighted by Gasteiger charge is 2.17. The number of rotatable bonds is 6. The Morgan fingerprint density at radius 3 is 2.30 bits per heavy atom. The summed E-state index contributed by atoms with van der Waals surface area (Å²) in [5.74, 6) is -0.182. The van der Waals surface area contributed by atoms with Crippen LogP contribution in [0.1, 0.15) is 26.3 Å². The molecule has 0 saturated carbocycles. The van der Waals surface area contributed by atoms with Gasteiger partial charge < -0.3 is 14.6 Å². The quantitative estimate of drug-likeness (QED) is 0.407. The van der Waals surface area contributed by atoms with Crippen molar-refractivity contribution < 1.29 is 24.2 Å². The lowest BCUT2D eigenvalue weighted by Crippen LogP contribution is -2.12. The normalized spacial score (nSPS) is 10.3. The molecule has 0 atom stereocenters. The Bertz CT molecular complexity index is 946. The third-order valence-electron chi connectivity index (χ3n) is 4.00. The fourth-order valence-corrected chi connectivity index (χ4v) is 2.58. The summed E-state index contributed by atoms with van der Waals surface area (Å²) in [7, 11) is 1.57. The Kier molecular flexibility index (Phi) is 5.52. The monoisotopic (exact) mass is 362 g/mol. The lowest BCUT2D eigenvalue weighted by molar-refractivity contribution is 0.0732. The summed E-state index contributed by atoms with van der Waals surface area (Å²) < 4.78 is 10.5. The second-order valence-electron chi connectivity index (χ2n) is 5.88. The van der Waals surface area contributed by atoms with Gasteiger partial charge in [0, 0.05) is 12.5 Å². The van der Waals surface area contributed by atoms with Gasteiger partial charge in [0.25, 0.3) is 0 Å². The predicted molar refractivity (Wildman–Crippen MR) is 101 cm³/mol. The maximum atomic E-state index is 12.7. The summed E-state index contributed by atoms with van der Waals surface area (Å²) in [4.78, 5) is 25.0. The van der Waals surface area contributed by atoms with Crippen molar-refractivity contribution in [3.63, 3.8) is 0 Å². The number of ketones is 1. The van der Waals surface area contributed by atoms with Crippen LogP contribution in [0.4, 0.5) is 0 Å². The third kappa shape index (κ3) is 4.52. The molecule has 0 spiro atoms. The van der Waals surface area contributed by atoms with Crippen LogP contribution in [0.25, 0.3) is 0 Å². The number of ether oxygens (including phenoxy) is 2. The van der Waals surface area contributed by atoms with E-state index in [1.165, 1.54) is 18.2 Å². The largest absolute Gasteiger partial charge is 0.508 e. The molecule has 0 bridgehead atoms. The van der Waals surface area contributed by atoms with Crippen LogP contribution in [0.2, 0.25) is 0 Å². The van der Waals surface area contributed by atoms with Gasteiger partial charge in [-0.3, -0.25) is 4.79 Å². The van der Waals surface area contributed by atoms with Crippen LogP contribution >= 0.6 is 0 Å². The van der Waals surface area contributed by atoms with Gasteiger partial charge in [-0.05, 0) is 42.0 Å². The number of methoxy groups -OCH3 is 1. The molecule has 27 heavy (non-hydrogen) atoms. The molecular formula is C22H18O5. The highest BCUT2D eigenvalue weighted by atomic mass is 16.5. The van der Waals surface area contributed by atoms with E-state index in [0.717, 1.165) is 5.56 Å². The number of benzene rings is 3. The van der Waals surface area contributed by atoms with E-state index in [4.69, 9.17) is 9.47 Å². The van der Waals surface area contributed by atoms with Gasteiger partial charge in [-0.1, -0.05) is 30.3 Å². The molecule has 0 heterocycles. The second-order valence-corrected chi connectivity index (χ2v) is 5.88. The average Bonchev–Trinajstić information content (AvgIpc) is 2.69. The lowest BCUT2D eigenvalue weighted by Gasteiger charge is -2.10. The third-order valence-corrected chi connectivity index (χ3v) is 4.00. The van der Waals surface area contributed by atoms with Crippen molar-refractivity contribution in [1.29, 1.82) is 0 Å². The van der Waals surface area contributed by atoms with Crippen molar-refractivity contribution in [2.24, 2.45) is 0 Å². The standard InChI is InChI=1S/C22H18O5/c1-26-18-10-7-15(8-11-18)13-20(24)19-12-9-17(23)14-21(19)27-22(25)16-5-3-2-4-6-16/h2-12,14,23H,13H2,1H3. The fraction of sp³-hybridized carbons (Fsp3) is 0.0909. The summed E-state index contributed by atoms with van der Waals surface area (Å²) in [6.07, 6.45) is 0.130. The molecule has 5 heteroatoms. The van der Waals surface area contributed by atoms with Gasteiger partial charge in [-0.15, -0.1) is 0 Å². The summed E-state index contributed by atoms with van der Waals surface area (Å²) in [5.41, 5.74) is 1.39. The first-order valence-electron chi connectivity index (χ1n) is 8.33. The van der Waals surface area contributed by atoms with E-state index in [-0.39, 0.29) is 29.3 Å². The predicted octanol–water partition coefficient (Wildman–Crippen LogP) is 4.05. The van der Waals surface area contributed by atoms with Gasteiger partial charge >= 0.3 is 5.97 Å². The van der Waals surface area contributed by atoms with Crippen molar-refractivity contribution in [2.75, 3.05) is 7.11 Å². The Hall–Kier alpha value is -3.60. The van der Waals surface area contributed by atoms with Gasteiger partial charge in [0.2, 0.25) is 0 Å². The number of esters is 1. The van der Waals surface area contributed by atoms with E-state index >= 15 is 0 Å². The van der Waals surface area contributed by atoms with Crippen LogP contribution in [-0.2, 0) is 6.42 Å². The fourth-order valence-electron chi connectivity index (χ4n) is 2.58. The zero-order valence-electron chi connectivity index (χ0n) is 14.7. The van der Waals surface area contributed by atoms with Crippen molar-refractivity contribution >= 4 is 11.8 Å². The molecule has 0 aliphatic carbocycles. The topological polar surface area (TPSA) is 72.8 Å². The summed E-state index contributed by atoms with van der Waals surface area (Å²) in [6.45, 7) is 0.